The van der Waals surface area contributed by atoms with Crippen molar-refractivity contribution in [2.24, 2.45) is 0 Å². The summed E-state index contributed by atoms with van der Waals surface area (Å²) >= 11 is 3.53. The largest absolute Gasteiger partial charge is 0.354 e. The Hall–Kier alpha value is -3.07. The summed E-state index contributed by atoms with van der Waals surface area (Å²) in [4.78, 5) is 21.3. The predicted molar refractivity (Wildman–Crippen MR) is 106 cm³/mol. The van der Waals surface area contributed by atoms with Crippen molar-refractivity contribution in [1.29, 1.82) is 0 Å². The lowest BCUT2D eigenvalue weighted by molar-refractivity contribution is -0.119. The van der Waals surface area contributed by atoms with E-state index in [0.29, 0.717) is 41.5 Å². The van der Waals surface area contributed by atoms with Crippen LogP contribution in [-0.4, -0.2) is 38.1 Å². The van der Waals surface area contributed by atoms with E-state index in [9.17, 15) is 9.18 Å². The van der Waals surface area contributed by atoms with Gasteiger partial charge in [0.05, 0.1) is 5.52 Å². The highest BCUT2D eigenvalue weighted by Gasteiger charge is 2.26. The number of para-hydroxylation sites is 1. The second kappa shape index (κ2) is 6.52. The van der Waals surface area contributed by atoms with Gasteiger partial charge in [-0.15, -0.1) is 5.10 Å². The van der Waals surface area contributed by atoms with E-state index < -0.39 is 6.04 Å². The van der Waals surface area contributed by atoms with Crippen LogP contribution in [0.1, 0.15) is 6.42 Å². The monoisotopic (exact) mass is 440 g/mol. The van der Waals surface area contributed by atoms with Crippen LogP contribution < -0.4 is 10.6 Å². The average molecular weight is 441 g/mol. The molecule has 28 heavy (non-hydrogen) atoms. The Bertz CT molecular complexity index is 1240. The molecule has 1 fully saturated rings. The maximum absolute atomic E-state index is 13.7. The van der Waals surface area contributed by atoms with Crippen LogP contribution in [0.4, 0.5) is 10.3 Å². The zero-order valence-corrected chi connectivity index (χ0v) is 16.1. The van der Waals surface area contributed by atoms with Crippen molar-refractivity contribution in [3.63, 3.8) is 0 Å². The Morgan fingerprint density at radius 1 is 1.21 bits per heavy atom. The van der Waals surface area contributed by atoms with Gasteiger partial charge < -0.3 is 10.6 Å². The molecule has 0 radical (unpaired) electrons. The summed E-state index contributed by atoms with van der Waals surface area (Å²) in [6.45, 7) is 0.614. The number of anilines is 1. The second-order valence-electron chi connectivity index (χ2n) is 6.53. The summed E-state index contributed by atoms with van der Waals surface area (Å²) in [6, 6.07) is 11.4. The molecule has 2 aromatic carbocycles. The Kier molecular flexibility index (Phi) is 3.97. The molecule has 0 spiro atoms. The van der Waals surface area contributed by atoms with Crippen LogP contribution in [0.25, 0.3) is 27.9 Å². The third-order valence-electron chi connectivity index (χ3n) is 4.69. The molecule has 2 N–H and O–H groups in total. The summed E-state index contributed by atoms with van der Waals surface area (Å²) in [5.74, 6) is 0.356. The number of halogens is 2. The fourth-order valence-corrected chi connectivity index (χ4v) is 3.78. The SMILES string of the molecule is O=C1NCC[C@H]1Nc1nc2c(Br)cccc2c2nc(-c3cccc(F)c3)nn12. The first-order valence-electron chi connectivity index (χ1n) is 8.75. The minimum absolute atomic E-state index is 0.0763. The van der Waals surface area contributed by atoms with Crippen LogP contribution in [0.2, 0.25) is 0 Å². The highest BCUT2D eigenvalue weighted by molar-refractivity contribution is 9.10. The zero-order valence-electron chi connectivity index (χ0n) is 14.5. The molecule has 140 valence electrons. The highest BCUT2D eigenvalue weighted by Crippen LogP contribution is 2.29. The van der Waals surface area contributed by atoms with Gasteiger partial charge in [-0.1, -0.05) is 18.2 Å². The van der Waals surface area contributed by atoms with Gasteiger partial charge in [-0.3, -0.25) is 4.79 Å². The molecule has 0 bridgehead atoms. The van der Waals surface area contributed by atoms with E-state index in [1.165, 1.54) is 12.1 Å². The topological polar surface area (TPSA) is 84.2 Å². The number of benzene rings is 2. The predicted octanol–water partition coefficient (Wildman–Crippen LogP) is 3.15. The standard InChI is InChI=1S/C19H14BrFN6O/c20-13-6-2-5-12-15(13)24-19(23-14-7-8-22-18(14)28)27-17(12)25-16(26-27)10-3-1-4-11(21)9-10/h1-6,9,14H,7-8H2,(H,22,28)(H,23,24)/t14-/m1/s1. The Labute approximate surface area is 167 Å². The van der Waals surface area contributed by atoms with E-state index in [4.69, 9.17) is 0 Å². The van der Waals surface area contributed by atoms with Crippen molar-refractivity contribution in [2.45, 2.75) is 12.5 Å². The van der Waals surface area contributed by atoms with Crippen LogP contribution in [0.3, 0.4) is 0 Å². The van der Waals surface area contributed by atoms with Gasteiger partial charge in [0.15, 0.2) is 11.5 Å². The Morgan fingerprint density at radius 3 is 2.86 bits per heavy atom. The van der Waals surface area contributed by atoms with E-state index in [1.54, 1.807) is 16.6 Å². The third-order valence-corrected chi connectivity index (χ3v) is 5.33. The van der Waals surface area contributed by atoms with Gasteiger partial charge >= 0.3 is 0 Å². The van der Waals surface area contributed by atoms with Gasteiger partial charge in [0, 0.05) is 22.0 Å². The molecule has 1 amide bonds. The molecule has 1 atom stereocenters. The maximum atomic E-state index is 13.7. The average Bonchev–Trinajstić information content (AvgIpc) is 3.30. The van der Waals surface area contributed by atoms with Gasteiger partial charge in [0.2, 0.25) is 11.9 Å². The highest BCUT2D eigenvalue weighted by atomic mass is 79.9. The summed E-state index contributed by atoms with van der Waals surface area (Å²) in [5, 5.41) is 11.3. The minimum atomic E-state index is -0.391. The number of nitrogens with zero attached hydrogens (tertiary/aromatic N) is 4. The first kappa shape index (κ1) is 17.1. The van der Waals surface area contributed by atoms with Gasteiger partial charge in [-0.25, -0.2) is 14.4 Å². The smallest absolute Gasteiger partial charge is 0.242 e. The Morgan fingerprint density at radius 2 is 2.07 bits per heavy atom. The molecule has 4 aromatic rings. The first-order valence-corrected chi connectivity index (χ1v) is 9.54. The van der Waals surface area contributed by atoms with E-state index >= 15 is 0 Å². The molecule has 5 rings (SSSR count). The number of carbonyl (C=O) groups is 1. The summed E-state index contributed by atoms with van der Waals surface area (Å²) in [7, 11) is 0. The number of carbonyl (C=O) groups excluding carboxylic acids is 1. The number of nitrogens with one attached hydrogen (secondary N) is 2. The molecule has 7 nitrogen and oxygen atoms in total. The third kappa shape index (κ3) is 2.78. The molecule has 1 aliphatic rings. The van der Waals surface area contributed by atoms with E-state index in [0.717, 1.165) is 9.86 Å². The van der Waals surface area contributed by atoms with Crippen LogP contribution >= 0.6 is 15.9 Å². The Balaban J connectivity index is 1.74. The van der Waals surface area contributed by atoms with Crippen molar-refractivity contribution in [3.8, 4) is 11.4 Å². The summed E-state index contributed by atoms with van der Waals surface area (Å²) < 4.78 is 16.0. The number of fused-ring (bicyclic) bond motifs is 3. The second-order valence-corrected chi connectivity index (χ2v) is 7.38. The fourth-order valence-electron chi connectivity index (χ4n) is 3.33. The van der Waals surface area contributed by atoms with Crippen molar-refractivity contribution in [3.05, 3.63) is 52.8 Å². The van der Waals surface area contributed by atoms with E-state index in [2.05, 4.69) is 41.6 Å². The van der Waals surface area contributed by atoms with Crippen LogP contribution in [0.15, 0.2) is 46.9 Å². The quantitative estimate of drug-likeness (QED) is 0.511. The van der Waals surface area contributed by atoms with Gasteiger partial charge in [0.25, 0.3) is 0 Å². The van der Waals surface area contributed by atoms with Crippen LogP contribution in [0.5, 0.6) is 0 Å². The molecular formula is C19H14BrFN6O. The van der Waals surface area contributed by atoms with Gasteiger partial charge in [-0.2, -0.15) is 4.52 Å². The molecule has 0 saturated carbocycles. The minimum Gasteiger partial charge on any atom is -0.354 e. The lowest BCUT2D eigenvalue weighted by Crippen LogP contribution is -2.30. The molecule has 1 aliphatic heterocycles. The molecule has 0 unspecified atom stereocenters. The lowest BCUT2D eigenvalue weighted by atomic mass is 10.2. The van der Waals surface area contributed by atoms with E-state index in [1.807, 2.05) is 18.2 Å². The first-order chi connectivity index (χ1) is 13.6. The number of hydrogen-bond acceptors (Lipinski definition) is 5. The molecule has 1 saturated heterocycles. The normalized spacial score (nSPS) is 16.6. The lowest BCUT2D eigenvalue weighted by Gasteiger charge is -2.13. The molecule has 3 heterocycles. The van der Waals surface area contributed by atoms with Gasteiger partial charge in [-0.05, 0) is 46.6 Å². The molecule has 2 aromatic heterocycles. The van der Waals surface area contributed by atoms with Crippen molar-refractivity contribution >= 4 is 44.3 Å². The number of rotatable bonds is 3. The van der Waals surface area contributed by atoms with Crippen molar-refractivity contribution in [2.75, 3.05) is 11.9 Å². The van der Waals surface area contributed by atoms with Gasteiger partial charge in [0.1, 0.15) is 11.9 Å². The van der Waals surface area contributed by atoms with Crippen molar-refractivity contribution < 1.29 is 9.18 Å². The van der Waals surface area contributed by atoms with Crippen LogP contribution in [0, 0.1) is 5.82 Å². The fraction of sp³-hybridized carbons (Fsp3) is 0.158. The number of hydrogen-bond donors (Lipinski definition) is 2. The molecule has 0 aliphatic carbocycles. The number of aromatic nitrogens is 4. The molecule has 9 heteroatoms. The zero-order chi connectivity index (χ0) is 19.3. The van der Waals surface area contributed by atoms with Crippen LogP contribution in [-0.2, 0) is 4.79 Å². The van der Waals surface area contributed by atoms with Crippen molar-refractivity contribution in [1.82, 2.24) is 24.9 Å². The summed E-state index contributed by atoms with van der Waals surface area (Å²) in [6.07, 6.45) is 0.654. The maximum Gasteiger partial charge on any atom is 0.242 e. The molecular weight excluding hydrogens is 427 g/mol. The number of amides is 1. The van der Waals surface area contributed by atoms with E-state index in [-0.39, 0.29) is 11.7 Å². The summed E-state index contributed by atoms with van der Waals surface area (Å²) in [5.41, 5.74) is 1.84.